The minimum Gasteiger partial charge on any atom is -0.311 e. The average molecular weight is 281 g/mol. The Hall–Kier alpha value is -0.540. The summed E-state index contributed by atoms with van der Waals surface area (Å²) in [5.41, 5.74) is 2.24. The maximum absolute atomic E-state index is 13.2. The molecule has 1 nitrogen and oxygen atoms in total. The maximum Gasteiger partial charge on any atom is 0.123 e. The molecule has 0 atom stereocenters. The summed E-state index contributed by atoms with van der Waals surface area (Å²) in [7, 11) is 0. The third-order valence-corrected chi connectivity index (χ3v) is 5.69. The molecular formula is C16H24FNS. The standard InChI is InChI=1S/C16H24FNS/c1-13-6-7-15(17)10-14(13)11-18-12-16(19-2)8-4-3-5-9-16/h6-7,10,18H,3-5,8-9,11-12H2,1-2H3. The van der Waals surface area contributed by atoms with E-state index in [1.807, 2.05) is 24.8 Å². The molecule has 106 valence electrons. The molecule has 1 saturated carbocycles. The van der Waals surface area contributed by atoms with E-state index in [1.165, 1.54) is 38.2 Å². The molecule has 2 rings (SSSR count). The minimum atomic E-state index is -0.139. The van der Waals surface area contributed by atoms with Gasteiger partial charge >= 0.3 is 0 Å². The molecule has 3 heteroatoms. The highest BCUT2D eigenvalue weighted by Crippen LogP contribution is 2.38. The number of hydrogen-bond donors (Lipinski definition) is 1. The Morgan fingerprint density at radius 3 is 2.68 bits per heavy atom. The first-order chi connectivity index (χ1) is 9.15. The van der Waals surface area contributed by atoms with Crippen molar-refractivity contribution >= 4 is 11.8 Å². The van der Waals surface area contributed by atoms with Gasteiger partial charge in [-0.15, -0.1) is 0 Å². The highest BCUT2D eigenvalue weighted by Gasteiger charge is 2.30. The van der Waals surface area contributed by atoms with Gasteiger partial charge in [0.1, 0.15) is 5.82 Å². The number of halogens is 1. The van der Waals surface area contributed by atoms with Gasteiger partial charge < -0.3 is 5.32 Å². The zero-order valence-corrected chi connectivity index (χ0v) is 12.8. The largest absolute Gasteiger partial charge is 0.311 e. The summed E-state index contributed by atoms with van der Waals surface area (Å²) < 4.78 is 13.6. The third-order valence-electron chi connectivity index (χ3n) is 4.27. The maximum atomic E-state index is 13.2. The Balaban J connectivity index is 1.90. The molecule has 0 aromatic heterocycles. The highest BCUT2D eigenvalue weighted by atomic mass is 32.2. The Bertz CT molecular complexity index is 413. The first-order valence-electron chi connectivity index (χ1n) is 7.16. The van der Waals surface area contributed by atoms with Gasteiger partial charge in [0.05, 0.1) is 0 Å². The van der Waals surface area contributed by atoms with Gasteiger partial charge in [-0.3, -0.25) is 0 Å². The van der Waals surface area contributed by atoms with Crippen LogP contribution in [0.2, 0.25) is 0 Å². The molecule has 0 spiro atoms. The zero-order chi connectivity index (χ0) is 13.7. The number of rotatable bonds is 5. The van der Waals surface area contributed by atoms with E-state index in [0.717, 1.165) is 24.2 Å². The topological polar surface area (TPSA) is 12.0 Å². The highest BCUT2D eigenvalue weighted by molar-refractivity contribution is 8.00. The van der Waals surface area contributed by atoms with E-state index in [4.69, 9.17) is 0 Å². The van der Waals surface area contributed by atoms with Crippen LogP contribution in [0.5, 0.6) is 0 Å². The summed E-state index contributed by atoms with van der Waals surface area (Å²) >= 11 is 2.00. The van der Waals surface area contributed by atoms with E-state index in [2.05, 4.69) is 11.6 Å². The lowest BCUT2D eigenvalue weighted by Gasteiger charge is -2.36. The van der Waals surface area contributed by atoms with Crippen LogP contribution in [0.25, 0.3) is 0 Å². The lowest BCUT2D eigenvalue weighted by atomic mass is 9.88. The molecule has 0 saturated heterocycles. The number of thioether (sulfide) groups is 1. The van der Waals surface area contributed by atoms with Gasteiger partial charge in [-0.25, -0.2) is 4.39 Å². The van der Waals surface area contributed by atoms with Crippen LogP contribution < -0.4 is 5.32 Å². The summed E-state index contributed by atoms with van der Waals surface area (Å²) in [6, 6.07) is 5.04. The van der Waals surface area contributed by atoms with Gasteiger partial charge in [-0.2, -0.15) is 11.8 Å². The second kappa shape index (κ2) is 6.76. The van der Waals surface area contributed by atoms with Crippen LogP contribution in [0.1, 0.15) is 43.2 Å². The van der Waals surface area contributed by atoms with Gasteiger partial charge in [0.2, 0.25) is 0 Å². The van der Waals surface area contributed by atoms with Crippen molar-refractivity contribution in [3.05, 3.63) is 35.1 Å². The predicted molar refractivity (Wildman–Crippen MR) is 82.2 cm³/mol. The second-order valence-corrected chi connectivity index (χ2v) is 6.90. The zero-order valence-electron chi connectivity index (χ0n) is 12.0. The van der Waals surface area contributed by atoms with Crippen LogP contribution in [-0.4, -0.2) is 17.5 Å². The van der Waals surface area contributed by atoms with Crippen molar-refractivity contribution < 1.29 is 4.39 Å². The Morgan fingerprint density at radius 1 is 1.26 bits per heavy atom. The summed E-state index contributed by atoms with van der Waals surface area (Å²) in [4.78, 5) is 0. The van der Waals surface area contributed by atoms with Crippen LogP contribution in [0.4, 0.5) is 4.39 Å². The van der Waals surface area contributed by atoms with Crippen LogP contribution >= 0.6 is 11.8 Å². The molecule has 0 heterocycles. The number of benzene rings is 1. The summed E-state index contributed by atoms with van der Waals surface area (Å²) in [6.45, 7) is 3.84. The van der Waals surface area contributed by atoms with Crippen molar-refractivity contribution in [1.29, 1.82) is 0 Å². The average Bonchev–Trinajstić information content (AvgIpc) is 2.44. The molecule has 19 heavy (non-hydrogen) atoms. The number of hydrogen-bond acceptors (Lipinski definition) is 2. The molecule has 0 bridgehead atoms. The van der Waals surface area contributed by atoms with Crippen LogP contribution in [0, 0.1) is 12.7 Å². The lowest BCUT2D eigenvalue weighted by Crippen LogP contribution is -2.39. The normalized spacial score (nSPS) is 18.5. The van der Waals surface area contributed by atoms with E-state index >= 15 is 0 Å². The van der Waals surface area contributed by atoms with Crippen LogP contribution in [0.3, 0.4) is 0 Å². The quantitative estimate of drug-likeness (QED) is 0.864. The first kappa shape index (κ1) is 14.9. The fraction of sp³-hybridized carbons (Fsp3) is 0.625. The van der Waals surface area contributed by atoms with Crippen molar-refractivity contribution in [3.63, 3.8) is 0 Å². The summed E-state index contributed by atoms with van der Waals surface area (Å²) in [5.74, 6) is -0.139. The van der Waals surface area contributed by atoms with Crippen LogP contribution in [-0.2, 0) is 6.54 Å². The van der Waals surface area contributed by atoms with Crippen molar-refractivity contribution in [2.45, 2.75) is 50.3 Å². The van der Waals surface area contributed by atoms with E-state index in [1.54, 1.807) is 6.07 Å². The predicted octanol–water partition coefficient (Wildman–Crippen LogP) is 4.29. The smallest absolute Gasteiger partial charge is 0.123 e. The molecular weight excluding hydrogens is 257 g/mol. The molecule has 1 N–H and O–H groups in total. The van der Waals surface area contributed by atoms with Gasteiger partial charge in [0.15, 0.2) is 0 Å². The Labute approximate surface area is 120 Å². The van der Waals surface area contributed by atoms with E-state index in [9.17, 15) is 4.39 Å². The van der Waals surface area contributed by atoms with Gasteiger partial charge in [-0.1, -0.05) is 25.3 Å². The van der Waals surface area contributed by atoms with E-state index < -0.39 is 0 Å². The third kappa shape index (κ3) is 3.96. The van der Waals surface area contributed by atoms with Crippen molar-refractivity contribution in [2.75, 3.05) is 12.8 Å². The van der Waals surface area contributed by atoms with Crippen molar-refractivity contribution in [3.8, 4) is 0 Å². The first-order valence-corrected chi connectivity index (χ1v) is 8.39. The minimum absolute atomic E-state index is 0.139. The SMILES string of the molecule is CSC1(CNCc2cc(F)ccc2C)CCCCC1. The lowest BCUT2D eigenvalue weighted by molar-refractivity contribution is 0.379. The van der Waals surface area contributed by atoms with E-state index in [0.29, 0.717) is 4.75 Å². The molecule has 1 aromatic carbocycles. The van der Waals surface area contributed by atoms with Crippen LogP contribution in [0.15, 0.2) is 18.2 Å². The molecule has 1 aliphatic rings. The van der Waals surface area contributed by atoms with Crippen molar-refractivity contribution in [1.82, 2.24) is 5.32 Å². The van der Waals surface area contributed by atoms with Gasteiger partial charge in [-0.05, 0) is 49.3 Å². The molecule has 0 amide bonds. The molecule has 0 aliphatic heterocycles. The summed E-state index contributed by atoms with van der Waals surface area (Å²) in [5, 5.41) is 3.54. The van der Waals surface area contributed by atoms with Gasteiger partial charge in [0.25, 0.3) is 0 Å². The monoisotopic (exact) mass is 281 g/mol. The molecule has 1 fully saturated rings. The Kier molecular flexibility index (Phi) is 5.28. The molecule has 1 aromatic rings. The molecule has 0 unspecified atom stereocenters. The number of nitrogens with one attached hydrogen (secondary N) is 1. The molecule has 1 aliphatic carbocycles. The number of aryl methyl sites for hydroxylation is 1. The fourth-order valence-electron chi connectivity index (χ4n) is 2.90. The van der Waals surface area contributed by atoms with E-state index in [-0.39, 0.29) is 5.82 Å². The van der Waals surface area contributed by atoms with Crippen molar-refractivity contribution in [2.24, 2.45) is 0 Å². The molecule has 0 radical (unpaired) electrons. The Morgan fingerprint density at radius 2 is 2.00 bits per heavy atom. The fourth-order valence-corrected chi connectivity index (χ4v) is 3.85. The second-order valence-electron chi connectivity index (χ2n) is 5.62. The summed E-state index contributed by atoms with van der Waals surface area (Å²) in [6.07, 6.45) is 8.92. The van der Waals surface area contributed by atoms with Gasteiger partial charge in [0, 0.05) is 17.8 Å².